The van der Waals surface area contributed by atoms with Crippen molar-refractivity contribution in [3.8, 4) is 0 Å². The van der Waals surface area contributed by atoms with Crippen molar-refractivity contribution < 1.29 is 9.53 Å². The maximum atomic E-state index is 11.9. The zero-order valence-corrected chi connectivity index (χ0v) is 7.40. The first-order valence-electron chi connectivity index (χ1n) is 4.86. The highest BCUT2D eigenvalue weighted by atomic mass is 16.5. The van der Waals surface area contributed by atoms with E-state index in [9.17, 15) is 4.79 Å². The lowest BCUT2D eigenvalue weighted by Crippen LogP contribution is -2.44. The van der Waals surface area contributed by atoms with Crippen molar-refractivity contribution in [3.05, 3.63) is 0 Å². The third-order valence-corrected chi connectivity index (χ3v) is 3.01. The van der Waals surface area contributed by atoms with Gasteiger partial charge in [0.2, 0.25) is 5.91 Å². The molecule has 3 aliphatic heterocycles. The molecule has 0 radical (unpaired) electrons. The molecule has 0 N–H and O–H groups in total. The van der Waals surface area contributed by atoms with Crippen LogP contribution in [0.25, 0.3) is 0 Å². The summed E-state index contributed by atoms with van der Waals surface area (Å²) < 4.78 is 5.40. The molecule has 2 atom stereocenters. The number of carbonyl (C=O) groups excluding carboxylic acids is 1. The molecule has 13 heavy (non-hydrogen) atoms. The molecule has 0 unspecified atom stereocenters. The number of hydrogen-bond donors (Lipinski definition) is 0. The van der Waals surface area contributed by atoms with E-state index in [-0.39, 0.29) is 18.1 Å². The van der Waals surface area contributed by atoms with Crippen molar-refractivity contribution in [3.63, 3.8) is 0 Å². The molecule has 0 bridgehead atoms. The number of amidine groups is 1. The van der Waals surface area contributed by atoms with E-state index in [0.29, 0.717) is 6.61 Å². The summed E-state index contributed by atoms with van der Waals surface area (Å²) in [6, 6.07) is 0. The fourth-order valence-electron chi connectivity index (χ4n) is 2.33. The summed E-state index contributed by atoms with van der Waals surface area (Å²) in [4.78, 5) is 18.2. The van der Waals surface area contributed by atoms with E-state index in [1.165, 1.54) is 0 Å². The average Bonchev–Trinajstić information content (AvgIpc) is 2.71. The number of hydrogen-bond acceptors (Lipinski definition) is 3. The predicted octanol–water partition coefficient (Wildman–Crippen LogP) is 0.383. The van der Waals surface area contributed by atoms with Gasteiger partial charge in [-0.25, -0.2) is 4.99 Å². The van der Waals surface area contributed by atoms with Gasteiger partial charge in [0.25, 0.3) is 0 Å². The first-order chi connectivity index (χ1) is 6.36. The van der Waals surface area contributed by atoms with Crippen LogP contribution in [0.15, 0.2) is 4.99 Å². The van der Waals surface area contributed by atoms with Crippen LogP contribution in [0.4, 0.5) is 0 Å². The zero-order valence-electron chi connectivity index (χ0n) is 7.40. The minimum absolute atomic E-state index is 0.0156. The Morgan fingerprint density at radius 2 is 2.46 bits per heavy atom. The first-order valence-corrected chi connectivity index (χ1v) is 4.86. The van der Waals surface area contributed by atoms with Crippen LogP contribution in [-0.2, 0) is 9.53 Å². The van der Waals surface area contributed by atoms with E-state index in [2.05, 4.69) is 4.99 Å². The Balaban J connectivity index is 1.98. The Bertz CT molecular complexity index is 287. The van der Waals surface area contributed by atoms with Crippen LogP contribution in [0, 0.1) is 5.92 Å². The highest BCUT2D eigenvalue weighted by molar-refractivity contribution is 6.02. The highest BCUT2D eigenvalue weighted by Gasteiger charge is 2.43. The monoisotopic (exact) mass is 180 g/mol. The molecule has 0 aromatic heterocycles. The molecule has 0 spiro atoms. The van der Waals surface area contributed by atoms with Gasteiger partial charge < -0.3 is 9.64 Å². The number of ether oxygens (including phenoxy) is 1. The van der Waals surface area contributed by atoms with Crippen LogP contribution >= 0.6 is 0 Å². The molecule has 2 saturated heterocycles. The third-order valence-electron chi connectivity index (χ3n) is 3.01. The Hall–Kier alpha value is -0.900. The van der Waals surface area contributed by atoms with E-state index >= 15 is 0 Å². The van der Waals surface area contributed by atoms with Crippen LogP contribution < -0.4 is 0 Å². The lowest BCUT2D eigenvalue weighted by molar-refractivity contribution is -0.133. The van der Waals surface area contributed by atoms with Gasteiger partial charge in [0, 0.05) is 13.0 Å². The fourth-order valence-corrected chi connectivity index (χ4v) is 2.33. The largest absolute Gasteiger partial charge is 0.356 e. The SMILES string of the molecule is O=C1[C@@H]2CCO[C@H]2N=C2CCCN12. The van der Waals surface area contributed by atoms with E-state index in [4.69, 9.17) is 4.74 Å². The molecule has 3 aliphatic rings. The van der Waals surface area contributed by atoms with Gasteiger partial charge in [-0.1, -0.05) is 0 Å². The van der Waals surface area contributed by atoms with Gasteiger partial charge in [0.15, 0.2) is 6.23 Å². The molecule has 1 amide bonds. The summed E-state index contributed by atoms with van der Waals surface area (Å²) >= 11 is 0. The fraction of sp³-hybridized carbons (Fsp3) is 0.778. The normalized spacial score (nSPS) is 37.4. The van der Waals surface area contributed by atoms with E-state index in [0.717, 1.165) is 31.6 Å². The predicted molar refractivity (Wildman–Crippen MR) is 46.2 cm³/mol. The van der Waals surface area contributed by atoms with Crippen molar-refractivity contribution in [1.29, 1.82) is 0 Å². The molecule has 70 valence electrons. The lowest BCUT2D eigenvalue weighted by atomic mass is 10.0. The van der Waals surface area contributed by atoms with E-state index < -0.39 is 0 Å². The Morgan fingerprint density at radius 3 is 3.38 bits per heavy atom. The number of fused-ring (bicyclic) bond motifs is 2. The summed E-state index contributed by atoms with van der Waals surface area (Å²) in [5.41, 5.74) is 0. The van der Waals surface area contributed by atoms with Crippen molar-refractivity contribution in [1.82, 2.24) is 4.90 Å². The number of amides is 1. The van der Waals surface area contributed by atoms with Gasteiger partial charge >= 0.3 is 0 Å². The first kappa shape index (κ1) is 7.50. The molecule has 2 fully saturated rings. The van der Waals surface area contributed by atoms with Crippen molar-refractivity contribution >= 4 is 11.7 Å². The van der Waals surface area contributed by atoms with Crippen molar-refractivity contribution in [2.45, 2.75) is 25.5 Å². The molecular weight excluding hydrogens is 168 g/mol. The lowest BCUT2D eigenvalue weighted by Gasteiger charge is -2.28. The molecule has 3 heterocycles. The Labute approximate surface area is 76.6 Å². The number of carbonyl (C=O) groups is 1. The molecule has 0 saturated carbocycles. The number of aliphatic imine (C=N–C) groups is 1. The summed E-state index contributed by atoms with van der Waals surface area (Å²) in [5.74, 6) is 1.21. The minimum atomic E-state index is -0.156. The van der Waals surface area contributed by atoms with Crippen LogP contribution in [0.2, 0.25) is 0 Å². The van der Waals surface area contributed by atoms with Crippen LogP contribution in [0.1, 0.15) is 19.3 Å². The number of rotatable bonds is 0. The molecular formula is C9H12N2O2. The maximum absolute atomic E-state index is 11.9. The second-order valence-corrected chi connectivity index (χ2v) is 3.80. The Morgan fingerprint density at radius 1 is 1.54 bits per heavy atom. The third kappa shape index (κ3) is 0.950. The van der Waals surface area contributed by atoms with Crippen LogP contribution in [0.5, 0.6) is 0 Å². The van der Waals surface area contributed by atoms with Gasteiger partial charge in [-0.15, -0.1) is 0 Å². The van der Waals surface area contributed by atoms with E-state index in [1.807, 2.05) is 4.90 Å². The van der Waals surface area contributed by atoms with Gasteiger partial charge in [-0.3, -0.25) is 4.79 Å². The number of nitrogens with zero attached hydrogens (tertiary/aromatic N) is 2. The zero-order chi connectivity index (χ0) is 8.84. The average molecular weight is 180 g/mol. The molecule has 0 aromatic rings. The van der Waals surface area contributed by atoms with Gasteiger partial charge in [-0.05, 0) is 12.8 Å². The van der Waals surface area contributed by atoms with Crippen molar-refractivity contribution in [2.24, 2.45) is 10.9 Å². The van der Waals surface area contributed by atoms with Gasteiger partial charge in [-0.2, -0.15) is 0 Å². The molecule has 0 aliphatic carbocycles. The summed E-state index contributed by atoms with van der Waals surface area (Å²) in [6.07, 6.45) is 2.69. The summed E-state index contributed by atoms with van der Waals surface area (Å²) in [6.45, 7) is 1.55. The van der Waals surface area contributed by atoms with Gasteiger partial charge in [0.05, 0.1) is 12.5 Å². The van der Waals surface area contributed by atoms with E-state index in [1.54, 1.807) is 0 Å². The molecule has 4 nitrogen and oxygen atoms in total. The smallest absolute Gasteiger partial charge is 0.235 e. The van der Waals surface area contributed by atoms with Crippen LogP contribution in [0.3, 0.4) is 0 Å². The molecule has 4 heteroatoms. The topological polar surface area (TPSA) is 41.9 Å². The molecule has 3 rings (SSSR count). The quantitative estimate of drug-likeness (QED) is 0.541. The second-order valence-electron chi connectivity index (χ2n) is 3.80. The molecule has 0 aromatic carbocycles. The Kier molecular flexibility index (Phi) is 1.47. The van der Waals surface area contributed by atoms with Crippen LogP contribution in [-0.4, -0.2) is 36.0 Å². The standard InChI is InChI=1S/C9H12N2O2/c12-9-6-3-5-13-8(6)10-7-2-1-4-11(7)9/h6,8H,1-5H2/t6-,8-/m1/s1. The second kappa shape index (κ2) is 2.54. The minimum Gasteiger partial charge on any atom is -0.356 e. The summed E-state index contributed by atoms with van der Waals surface area (Å²) in [7, 11) is 0. The van der Waals surface area contributed by atoms with Crippen molar-refractivity contribution in [2.75, 3.05) is 13.2 Å². The highest BCUT2D eigenvalue weighted by Crippen LogP contribution is 2.31. The summed E-state index contributed by atoms with van der Waals surface area (Å²) in [5, 5.41) is 0. The van der Waals surface area contributed by atoms with Gasteiger partial charge in [0.1, 0.15) is 5.84 Å². The maximum Gasteiger partial charge on any atom is 0.235 e.